The quantitative estimate of drug-likeness (QED) is 0.841. The summed E-state index contributed by atoms with van der Waals surface area (Å²) >= 11 is 3.26. The van der Waals surface area contributed by atoms with Crippen LogP contribution in [0.2, 0.25) is 0 Å². The van der Waals surface area contributed by atoms with Crippen LogP contribution in [0.5, 0.6) is 0 Å². The van der Waals surface area contributed by atoms with Crippen LogP contribution >= 0.6 is 15.9 Å². The molecular formula is C11H17BrN2O3. The van der Waals surface area contributed by atoms with Crippen LogP contribution in [0.15, 0.2) is 29.1 Å². The fourth-order valence-corrected chi connectivity index (χ4v) is 1.12. The molecule has 6 heteroatoms. The molecule has 0 spiro atoms. The van der Waals surface area contributed by atoms with Crippen molar-refractivity contribution >= 4 is 27.9 Å². The van der Waals surface area contributed by atoms with Crippen LogP contribution in [0.25, 0.3) is 0 Å². The molecule has 0 bridgehead atoms. The van der Waals surface area contributed by atoms with Crippen molar-refractivity contribution in [3.8, 4) is 0 Å². The second-order valence-electron chi connectivity index (χ2n) is 3.28. The summed E-state index contributed by atoms with van der Waals surface area (Å²) in [7, 11) is 0. The number of amides is 3. The molecule has 5 nitrogen and oxygen atoms in total. The summed E-state index contributed by atoms with van der Waals surface area (Å²) in [5.41, 5.74) is 4.81. The van der Waals surface area contributed by atoms with E-state index in [9.17, 15) is 9.59 Å². The summed E-state index contributed by atoms with van der Waals surface area (Å²) in [6, 6.07) is 2.85. The Hall–Kier alpha value is -1.30. The lowest BCUT2D eigenvalue weighted by Gasteiger charge is -2.21. The SMILES string of the molecule is CCC(Br)(CC)C(=O)NC(N)=O.c1ccoc1. The fourth-order valence-electron chi connectivity index (χ4n) is 1.02. The lowest BCUT2D eigenvalue weighted by Crippen LogP contribution is -2.46. The van der Waals surface area contributed by atoms with Crippen molar-refractivity contribution < 1.29 is 14.0 Å². The van der Waals surface area contributed by atoms with Gasteiger partial charge in [-0.05, 0) is 25.0 Å². The lowest BCUT2D eigenvalue weighted by atomic mass is 10.0. The Morgan fingerprint density at radius 2 is 1.76 bits per heavy atom. The summed E-state index contributed by atoms with van der Waals surface area (Å²) in [4.78, 5) is 21.6. The molecule has 3 amide bonds. The molecule has 96 valence electrons. The standard InChI is InChI=1S/C7H13BrN2O2.C4H4O/c1-3-7(8,4-2)5(11)10-6(9)12;1-2-4-5-3-1/h3-4H2,1-2H3,(H3,9,10,11,12);1-4H. The summed E-state index contributed by atoms with van der Waals surface area (Å²) < 4.78 is 3.92. The molecule has 0 saturated carbocycles. The van der Waals surface area contributed by atoms with Crippen molar-refractivity contribution in [2.24, 2.45) is 5.73 Å². The Kier molecular flexibility index (Phi) is 7.29. The molecule has 1 heterocycles. The zero-order chi connectivity index (χ0) is 13.3. The van der Waals surface area contributed by atoms with E-state index < -0.39 is 10.4 Å². The van der Waals surface area contributed by atoms with Crippen molar-refractivity contribution in [3.63, 3.8) is 0 Å². The largest absolute Gasteiger partial charge is 0.473 e. The van der Waals surface area contributed by atoms with Gasteiger partial charge in [-0.3, -0.25) is 10.1 Å². The summed E-state index contributed by atoms with van der Waals surface area (Å²) in [6.07, 6.45) is 4.48. The maximum atomic E-state index is 11.3. The first-order chi connectivity index (χ1) is 7.96. The van der Waals surface area contributed by atoms with Crippen LogP contribution < -0.4 is 11.1 Å². The third kappa shape index (κ3) is 6.11. The van der Waals surface area contributed by atoms with E-state index in [4.69, 9.17) is 5.73 Å². The van der Waals surface area contributed by atoms with Gasteiger partial charge in [-0.1, -0.05) is 29.8 Å². The predicted molar refractivity (Wildman–Crippen MR) is 68.7 cm³/mol. The van der Waals surface area contributed by atoms with Gasteiger partial charge in [0.1, 0.15) is 4.32 Å². The Bertz CT molecular complexity index is 317. The minimum atomic E-state index is -0.814. The lowest BCUT2D eigenvalue weighted by molar-refractivity contribution is -0.122. The average Bonchev–Trinajstić information content (AvgIpc) is 2.85. The van der Waals surface area contributed by atoms with Gasteiger partial charge in [0.2, 0.25) is 5.91 Å². The second kappa shape index (κ2) is 7.89. The first-order valence-corrected chi connectivity index (χ1v) is 6.02. The van der Waals surface area contributed by atoms with Gasteiger partial charge in [-0.25, -0.2) is 4.79 Å². The molecule has 3 N–H and O–H groups in total. The van der Waals surface area contributed by atoms with Crippen LogP contribution in [0.1, 0.15) is 26.7 Å². The van der Waals surface area contributed by atoms with Crippen LogP contribution in [0.3, 0.4) is 0 Å². The molecular weight excluding hydrogens is 288 g/mol. The zero-order valence-electron chi connectivity index (χ0n) is 9.90. The number of alkyl halides is 1. The van der Waals surface area contributed by atoms with E-state index in [0.717, 1.165) is 0 Å². The molecule has 0 aromatic carbocycles. The van der Waals surface area contributed by atoms with Crippen LogP contribution in [-0.4, -0.2) is 16.3 Å². The maximum Gasteiger partial charge on any atom is 0.318 e. The maximum absolute atomic E-state index is 11.3. The number of hydrogen-bond acceptors (Lipinski definition) is 3. The molecule has 0 atom stereocenters. The Balaban J connectivity index is 0.000000419. The number of halogens is 1. The molecule has 1 aromatic rings. The number of urea groups is 1. The normalized spacial score (nSPS) is 10.1. The monoisotopic (exact) mass is 304 g/mol. The fraction of sp³-hybridized carbons (Fsp3) is 0.455. The summed E-state index contributed by atoms with van der Waals surface area (Å²) in [6.45, 7) is 3.72. The number of furan rings is 1. The van der Waals surface area contributed by atoms with Gasteiger partial charge in [-0.2, -0.15) is 0 Å². The highest BCUT2D eigenvalue weighted by atomic mass is 79.9. The smallest absolute Gasteiger partial charge is 0.318 e. The van der Waals surface area contributed by atoms with E-state index in [1.807, 2.05) is 31.3 Å². The summed E-state index contributed by atoms with van der Waals surface area (Å²) in [5.74, 6) is -0.375. The molecule has 0 aliphatic rings. The minimum absolute atomic E-state index is 0.375. The third-order valence-electron chi connectivity index (χ3n) is 2.19. The van der Waals surface area contributed by atoms with Gasteiger partial charge < -0.3 is 10.2 Å². The Morgan fingerprint density at radius 3 is 2.00 bits per heavy atom. The van der Waals surface area contributed by atoms with Crippen molar-refractivity contribution in [1.29, 1.82) is 0 Å². The highest BCUT2D eigenvalue weighted by Crippen LogP contribution is 2.26. The molecule has 0 fully saturated rings. The molecule has 1 aromatic heterocycles. The van der Waals surface area contributed by atoms with Gasteiger partial charge in [0.25, 0.3) is 0 Å². The zero-order valence-corrected chi connectivity index (χ0v) is 11.5. The average molecular weight is 305 g/mol. The molecule has 1 rings (SSSR count). The molecule has 0 aliphatic carbocycles. The number of rotatable bonds is 3. The van der Waals surface area contributed by atoms with Crippen LogP contribution in [-0.2, 0) is 4.79 Å². The number of nitrogens with one attached hydrogen (secondary N) is 1. The predicted octanol–water partition coefficient (Wildman–Crippen LogP) is 2.41. The third-order valence-corrected chi connectivity index (χ3v) is 3.67. The van der Waals surface area contributed by atoms with E-state index in [0.29, 0.717) is 12.8 Å². The first-order valence-electron chi connectivity index (χ1n) is 5.23. The van der Waals surface area contributed by atoms with Crippen LogP contribution in [0.4, 0.5) is 4.79 Å². The van der Waals surface area contributed by atoms with E-state index in [1.165, 1.54) is 0 Å². The van der Waals surface area contributed by atoms with Gasteiger partial charge in [-0.15, -0.1) is 0 Å². The van der Waals surface area contributed by atoms with E-state index in [1.54, 1.807) is 12.5 Å². The van der Waals surface area contributed by atoms with E-state index in [-0.39, 0.29) is 5.91 Å². The highest BCUT2D eigenvalue weighted by Gasteiger charge is 2.32. The van der Waals surface area contributed by atoms with Gasteiger partial charge in [0.05, 0.1) is 12.5 Å². The van der Waals surface area contributed by atoms with Crippen molar-refractivity contribution in [2.75, 3.05) is 0 Å². The van der Waals surface area contributed by atoms with Gasteiger partial charge in [0.15, 0.2) is 0 Å². The molecule has 0 radical (unpaired) electrons. The number of nitrogens with two attached hydrogens (primary N) is 1. The van der Waals surface area contributed by atoms with E-state index in [2.05, 4.69) is 20.3 Å². The number of hydrogen-bond donors (Lipinski definition) is 2. The number of imide groups is 1. The van der Waals surface area contributed by atoms with Gasteiger partial charge >= 0.3 is 6.03 Å². The molecule has 0 saturated heterocycles. The van der Waals surface area contributed by atoms with Gasteiger partial charge in [0, 0.05) is 0 Å². The Morgan fingerprint density at radius 1 is 1.29 bits per heavy atom. The Labute approximate surface area is 109 Å². The van der Waals surface area contributed by atoms with E-state index >= 15 is 0 Å². The van der Waals surface area contributed by atoms with Crippen molar-refractivity contribution in [1.82, 2.24) is 5.32 Å². The topological polar surface area (TPSA) is 85.3 Å². The molecule has 17 heavy (non-hydrogen) atoms. The van der Waals surface area contributed by atoms with Crippen molar-refractivity contribution in [3.05, 3.63) is 24.7 Å². The molecule has 0 aliphatic heterocycles. The second-order valence-corrected chi connectivity index (χ2v) is 4.80. The van der Waals surface area contributed by atoms with Crippen molar-refractivity contribution in [2.45, 2.75) is 31.0 Å². The summed E-state index contributed by atoms with van der Waals surface area (Å²) in [5, 5.41) is 2.04. The number of carbonyl (C=O) groups excluding carboxylic acids is 2. The number of primary amides is 1. The van der Waals surface area contributed by atoms with Crippen LogP contribution in [0, 0.1) is 0 Å². The highest BCUT2D eigenvalue weighted by molar-refractivity contribution is 9.10. The molecule has 0 unspecified atom stereocenters. The first kappa shape index (κ1) is 15.7. The number of carbonyl (C=O) groups is 2. The minimum Gasteiger partial charge on any atom is -0.473 e.